The number of ether oxygens (including phenoxy) is 2. The highest BCUT2D eigenvalue weighted by molar-refractivity contribution is 6.31. The molecule has 8 nitrogen and oxygen atoms in total. The van der Waals surface area contributed by atoms with Gasteiger partial charge in [0.05, 0.1) is 18.6 Å². The van der Waals surface area contributed by atoms with E-state index in [9.17, 15) is 23.1 Å². The molecule has 39 heavy (non-hydrogen) atoms. The van der Waals surface area contributed by atoms with Gasteiger partial charge in [0.15, 0.2) is 0 Å². The number of aliphatic hydroxyl groups is 1. The second kappa shape index (κ2) is 11.1. The number of rotatable bonds is 9. The minimum absolute atomic E-state index is 0.0472. The Morgan fingerprint density at radius 1 is 1.21 bits per heavy atom. The number of piperidine rings is 1. The standard InChI is InChI=1S/C27H28ClF3N4O4/c1-33-15-25(32-16-33)38-26(37)35(10-17-5-4-6-18(9-17)39-27(29,30)31)13-22-20-11-34(12-21(20)22)14-24(36)19-7-2-3-8-23(19)28/h2-9,15-16,20-22,24,36H,10-14H2,1H3. The van der Waals surface area contributed by atoms with E-state index in [1.54, 1.807) is 29.9 Å². The number of benzene rings is 2. The van der Waals surface area contributed by atoms with Gasteiger partial charge in [-0.3, -0.25) is 4.90 Å². The topological polar surface area (TPSA) is 80.1 Å². The van der Waals surface area contributed by atoms with Crippen LogP contribution in [0.4, 0.5) is 18.0 Å². The van der Waals surface area contributed by atoms with Crippen molar-refractivity contribution in [1.29, 1.82) is 0 Å². The summed E-state index contributed by atoms with van der Waals surface area (Å²) in [7, 11) is 1.74. The van der Waals surface area contributed by atoms with Crippen LogP contribution in [0, 0.1) is 17.8 Å². The highest BCUT2D eigenvalue weighted by Gasteiger charge is 2.56. The summed E-state index contributed by atoms with van der Waals surface area (Å²) >= 11 is 6.22. The normalized spacial score (nSPS) is 21.3. The number of amides is 1. The average Bonchev–Trinajstić information content (AvgIpc) is 3.16. The summed E-state index contributed by atoms with van der Waals surface area (Å²) in [6, 6.07) is 12.8. The molecule has 1 amide bonds. The molecule has 1 aromatic heterocycles. The molecule has 208 valence electrons. The van der Waals surface area contributed by atoms with Gasteiger partial charge in [0, 0.05) is 50.4 Å². The third kappa shape index (κ3) is 6.84. The lowest BCUT2D eigenvalue weighted by Crippen LogP contribution is -2.37. The minimum atomic E-state index is -4.81. The highest BCUT2D eigenvalue weighted by Crippen LogP contribution is 2.52. The number of imidazole rings is 1. The fourth-order valence-electron chi connectivity index (χ4n) is 5.36. The number of aryl methyl sites for hydroxylation is 1. The number of carbonyl (C=O) groups excluding carboxylic acids is 1. The molecule has 2 heterocycles. The maximum absolute atomic E-state index is 13.1. The lowest BCUT2D eigenvalue weighted by molar-refractivity contribution is -0.274. The Labute approximate surface area is 228 Å². The largest absolute Gasteiger partial charge is 0.573 e. The first kappa shape index (κ1) is 27.3. The summed E-state index contributed by atoms with van der Waals surface area (Å²) in [6.45, 7) is 2.43. The Morgan fingerprint density at radius 2 is 1.95 bits per heavy atom. The van der Waals surface area contributed by atoms with E-state index in [0.29, 0.717) is 41.1 Å². The first-order valence-corrected chi connectivity index (χ1v) is 12.9. The SMILES string of the molecule is Cn1cnc(OC(=O)N(Cc2cccc(OC(F)(F)F)c2)CC2C3CN(CC(O)c4ccccc4Cl)CC32)c1. The Bertz CT molecular complexity index is 1310. The summed E-state index contributed by atoms with van der Waals surface area (Å²) in [5.41, 5.74) is 1.17. The van der Waals surface area contributed by atoms with Gasteiger partial charge in [0.25, 0.3) is 0 Å². The molecule has 1 saturated carbocycles. The van der Waals surface area contributed by atoms with Gasteiger partial charge < -0.3 is 24.0 Å². The molecule has 1 aliphatic heterocycles. The molecule has 5 rings (SSSR count). The second-order valence-corrected chi connectivity index (χ2v) is 10.5. The van der Waals surface area contributed by atoms with Crippen LogP contribution in [0.5, 0.6) is 11.6 Å². The van der Waals surface area contributed by atoms with Gasteiger partial charge in [0.2, 0.25) is 5.88 Å². The van der Waals surface area contributed by atoms with Crippen LogP contribution in [0.3, 0.4) is 0 Å². The number of hydrogen-bond donors (Lipinski definition) is 1. The van der Waals surface area contributed by atoms with Crippen LogP contribution < -0.4 is 9.47 Å². The van der Waals surface area contributed by atoms with Crippen molar-refractivity contribution in [1.82, 2.24) is 19.4 Å². The quantitative estimate of drug-likeness (QED) is 0.399. The molecule has 0 spiro atoms. The van der Waals surface area contributed by atoms with Crippen molar-refractivity contribution in [2.24, 2.45) is 24.8 Å². The van der Waals surface area contributed by atoms with E-state index in [-0.39, 0.29) is 24.1 Å². The van der Waals surface area contributed by atoms with E-state index in [0.717, 1.165) is 13.1 Å². The zero-order valence-corrected chi connectivity index (χ0v) is 21.8. The summed E-state index contributed by atoms with van der Waals surface area (Å²) in [5, 5.41) is 11.2. The van der Waals surface area contributed by atoms with E-state index in [1.807, 2.05) is 18.2 Å². The number of nitrogens with zero attached hydrogens (tertiary/aromatic N) is 4. The number of β-amino-alcohol motifs (C(OH)–C–C–N with tert-alkyl or cyclic N) is 1. The molecule has 1 saturated heterocycles. The number of alkyl halides is 3. The van der Waals surface area contributed by atoms with Gasteiger partial charge in [0.1, 0.15) is 5.75 Å². The minimum Gasteiger partial charge on any atom is -0.406 e. The first-order valence-electron chi connectivity index (χ1n) is 12.5. The number of fused-ring (bicyclic) bond motifs is 1. The summed E-state index contributed by atoms with van der Waals surface area (Å²) in [6.07, 6.45) is -3.09. The van der Waals surface area contributed by atoms with Gasteiger partial charge in [-0.25, -0.2) is 9.78 Å². The van der Waals surface area contributed by atoms with E-state index < -0.39 is 18.6 Å². The van der Waals surface area contributed by atoms with E-state index in [4.69, 9.17) is 16.3 Å². The smallest absolute Gasteiger partial charge is 0.406 e. The summed E-state index contributed by atoms with van der Waals surface area (Å²) in [4.78, 5) is 20.8. The Morgan fingerprint density at radius 3 is 2.62 bits per heavy atom. The monoisotopic (exact) mass is 564 g/mol. The number of aromatic nitrogens is 2. The second-order valence-electron chi connectivity index (χ2n) is 10.1. The average molecular weight is 565 g/mol. The van der Waals surface area contributed by atoms with Crippen LogP contribution in [0.2, 0.25) is 5.02 Å². The van der Waals surface area contributed by atoms with Crippen LogP contribution in [-0.4, -0.2) is 63.1 Å². The van der Waals surface area contributed by atoms with Gasteiger partial charge in [-0.05, 0) is 41.5 Å². The van der Waals surface area contributed by atoms with Crippen molar-refractivity contribution in [2.45, 2.75) is 19.0 Å². The zero-order valence-electron chi connectivity index (χ0n) is 21.1. The van der Waals surface area contributed by atoms with Crippen molar-refractivity contribution in [3.05, 3.63) is 77.2 Å². The molecule has 3 aromatic rings. The maximum Gasteiger partial charge on any atom is 0.573 e. The summed E-state index contributed by atoms with van der Waals surface area (Å²) in [5.74, 6) is 0.679. The number of aliphatic hydroxyl groups excluding tert-OH is 1. The molecular formula is C27H28ClF3N4O4. The van der Waals surface area contributed by atoms with Gasteiger partial charge in [-0.15, -0.1) is 13.2 Å². The molecule has 2 aromatic carbocycles. The van der Waals surface area contributed by atoms with Gasteiger partial charge >= 0.3 is 12.5 Å². The van der Waals surface area contributed by atoms with Gasteiger partial charge in [-0.1, -0.05) is 41.9 Å². The van der Waals surface area contributed by atoms with Crippen molar-refractivity contribution in [3.8, 4) is 11.6 Å². The first-order chi connectivity index (χ1) is 18.6. The fraction of sp³-hybridized carbons (Fsp3) is 0.407. The highest BCUT2D eigenvalue weighted by atomic mass is 35.5. The van der Waals surface area contributed by atoms with Crippen molar-refractivity contribution < 1.29 is 32.5 Å². The van der Waals surface area contributed by atoms with Crippen LogP contribution in [0.25, 0.3) is 0 Å². The predicted molar refractivity (Wildman–Crippen MR) is 136 cm³/mol. The van der Waals surface area contributed by atoms with E-state index >= 15 is 0 Å². The van der Waals surface area contributed by atoms with Crippen molar-refractivity contribution in [2.75, 3.05) is 26.2 Å². The Hall–Kier alpha value is -3.28. The lowest BCUT2D eigenvalue weighted by atomic mass is 10.1. The molecular weight excluding hydrogens is 537 g/mol. The molecule has 3 unspecified atom stereocenters. The van der Waals surface area contributed by atoms with Gasteiger partial charge in [-0.2, -0.15) is 0 Å². The maximum atomic E-state index is 13.1. The molecule has 12 heteroatoms. The van der Waals surface area contributed by atoms with Crippen LogP contribution >= 0.6 is 11.6 Å². The Kier molecular flexibility index (Phi) is 7.75. The molecule has 1 N–H and O–H groups in total. The number of halogens is 4. The zero-order chi connectivity index (χ0) is 27.7. The summed E-state index contributed by atoms with van der Waals surface area (Å²) < 4.78 is 49.2. The number of hydrogen-bond acceptors (Lipinski definition) is 6. The molecule has 1 aliphatic carbocycles. The van der Waals surface area contributed by atoms with Crippen molar-refractivity contribution >= 4 is 17.7 Å². The van der Waals surface area contributed by atoms with Crippen LogP contribution in [-0.2, 0) is 13.6 Å². The van der Waals surface area contributed by atoms with Crippen LogP contribution in [0.1, 0.15) is 17.2 Å². The molecule has 0 radical (unpaired) electrons. The third-order valence-corrected chi connectivity index (χ3v) is 7.55. The predicted octanol–water partition coefficient (Wildman–Crippen LogP) is 4.88. The lowest BCUT2D eigenvalue weighted by Gasteiger charge is -2.26. The molecule has 2 fully saturated rings. The number of likely N-dealkylation sites (tertiary alicyclic amines) is 1. The molecule has 3 atom stereocenters. The molecule has 2 aliphatic rings. The third-order valence-electron chi connectivity index (χ3n) is 7.21. The van der Waals surface area contributed by atoms with E-state index in [1.165, 1.54) is 29.4 Å². The fourth-order valence-corrected chi connectivity index (χ4v) is 5.62. The number of carbonyl (C=O) groups is 1. The van der Waals surface area contributed by atoms with Crippen molar-refractivity contribution in [3.63, 3.8) is 0 Å². The Balaban J connectivity index is 1.22. The van der Waals surface area contributed by atoms with E-state index in [2.05, 4.69) is 14.6 Å². The van der Waals surface area contributed by atoms with Crippen LogP contribution in [0.15, 0.2) is 61.1 Å². The molecule has 0 bridgehead atoms.